The molecule has 1 aromatic heterocycles. The fraction of sp³-hybridized carbons (Fsp3) is 0.444. The predicted octanol–water partition coefficient (Wildman–Crippen LogP) is 2.53. The highest BCUT2D eigenvalue weighted by Crippen LogP contribution is 2.19. The number of rotatable bonds is 8. The number of nitrogens with one attached hydrogen (secondary N) is 3. The molecule has 2 aromatic rings. The van der Waals surface area contributed by atoms with Crippen molar-refractivity contribution in [1.29, 1.82) is 0 Å². The third-order valence-corrected chi connectivity index (χ3v) is 5.60. The Bertz CT molecular complexity index is 881. The molecule has 1 aromatic carbocycles. The summed E-state index contributed by atoms with van der Waals surface area (Å²) >= 11 is 0. The van der Waals surface area contributed by atoms with Crippen molar-refractivity contribution in [2.45, 2.75) is 39.5 Å². The van der Waals surface area contributed by atoms with Crippen LogP contribution in [0.2, 0.25) is 0 Å². The molecule has 2 rings (SSSR count). The second-order valence-corrected chi connectivity index (χ2v) is 8.01. The molecule has 0 atom stereocenters. The highest BCUT2D eigenvalue weighted by Gasteiger charge is 2.17. The van der Waals surface area contributed by atoms with Crippen LogP contribution in [-0.4, -0.2) is 38.0 Å². The molecule has 0 saturated carbocycles. The SMILES string of the molecule is CCNc1cc(C)nc(NCCNS(=O)(=O)c2cc(C)c(C)cc2C)n1. The van der Waals surface area contributed by atoms with Crippen LogP contribution in [0.1, 0.15) is 29.3 Å². The van der Waals surface area contributed by atoms with E-state index in [9.17, 15) is 8.42 Å². The van der Waals surface area contributed by atoms with Gasteiger partial charge < -0.3 is 10.6 Å². The fourth-order valence-corrected chi connectivity index (χ4v) is 3.92. The molecule has 0 radical (unpaired) electrons. The lowest BCUT2D eigenvalue weighted by atomic mass is 10.1. The predicted molar refractivity (Wildman–Crippen MR) is 105 cm³/mol. The zero-order valence-corrected chi connectivity index (χ0v) is 16.8. The molecule has 0 aliphatic carbocycles. The van der Waals surface area contributed by atoms with E-state index in [0.717, 1.165) is 34.7 Å². The molecule has 0 fully saturated rings. The molecule has 0 bridgehead atoms. The van der Waals surface area contributed by atoms with Gasteiger partial charge in [-0.1, -0.05) is 6.07 Å². The smallest absolute Gasteiger partial charge is 0.240 e. The monoisotopic (exact) mass is 377 g/mol. The number of hydrogen-bond donors (Lipinski definition) is 3. The topological polar surface area (TPSA) is 96.0 Å². The van der Waals surface area contributed by atoms with Gasteiger partial charge in [-0.15, -0.1) is 0 Å². The Balaban J connectivity index is 1.98. The van der Waals surface area contributed by atoms with Crippen LogP contribution in [0.4, 0.5) is 11.8 Å². The van der Waals surface area contributed by atoms with Crippen molar-refractivity contribution in [3.8, 4) is 0 Å². The van der Waals surface area contributed by atoms with E-state index in [1.54, 1.807) is 6.07 Å². The van der Waals surface area contributed by atoms with Gasteiger partial charge in [-0.3, -0.25) is 0 Å². The van der Waals surface area contributed by atoms with Crippen LogP contribution in [0, 0.1) is 27.7 Å². The number of aryl methyl sites for hydroxylation is 4. The Morgan fingerprint density at radius 2 is 1.58 bits per heavy atom. The molecule has 26 heavy (non-hydrogen) atoms. The molecule has 0 saturated heterocycles. The maximum Gasteiger partial charge on any atom is 0.240 e. The fourth-order valence-electron chi connectivity index (χ4n) is 2.58. The number of hydrogen-bond acceptors (Lipinski definition) is 6. The van der Waals surface area contributed by atoms with E-state index in [1.165, 1.54) is 0 Å². The van der Waals surface area contributed by atoms with Crippen molar-refractivity contribution in [3.63, 3.8) is 0 Å². The van der Waals surface area contributed by atoms with Crippen molar-refractivity contribution in [2.24, 2.45) is 0 Å². The number of sulfonamides is 1. The third kappa shape index (κ3) is 5.15. The Morgan fingerprint density at radius 1 is 0.885 bits per heavy atom. The van der Waals surface area contributed by atoms with Crippen molar-refractivity contribution in [1.82, 2.24) is 14.7 Å². The average molecular weight is 378 g/mol. The van der Waals surface area contributed by atoms with Gasteiger partial charge in [0.05, 0.1) is 4.90 Å². The van der Waals surface area contributed by atoms with Crippen LogP contribution < -0.4 is 15.4 Å². The van der Waals surface area contributed by atoms with Crippen molar-refractivity contribution in [3.05, 3.63) is 40.6 Å². The largest absolute Gasteiger partial charge is 0.370 e. The molecule has 3 N–H and O–H groups in total. The highest BCUT2D eigenvalue weighted by atomic mass is 32.2. The van der Waals surface area contributed by atoms with E-state index in [-0.39, 0.29) is 6.54 Å². The Morgan fingerprint density at radius 3 is 2.27 bits per heavy atom. The van der Waals surface area contributed by atoms with E-state index < -0.39 is 10.0 Å². The summed E-state index contributed by atoms with van der Waals surface area (Å²) in [5.41, 5.74) is 3.62. The van der Waals surface area contributed by atoms with Crippen molar-refractivity contribution in [2.75, 3.05) is 30.3 Å². The molecule has 1 heterocycles. The van der Waals surface area contributed by atoms with Gasteiger partial charge in [-0.2, -0.15) is 4.98 Å². The van der Waals surface area contributed by atoms with Crippen molar-refractivity contribution >= 4 is 21.8 Å². The molecule has 8 heteroatoms. The summed E-state index contributed by atoms with van der Waals surface area (Å²) in [6.07, 6.45) is 0. The van der Waals surface area contributed by atoms with Gasteiger partial charge in [0, 0.05) is 31.4 Å². The first-order chi connectivity index (χ1) is 12.2. The molecule has 0 aliphatic rings. The minimum atomic E-state index is -3.55. The molecule has 0 aliphatic heterocycles. The van der Waals surface area contributed by atoms with Crippen LogP contribution in [0.25, 0.3) is 0 Å². The van der Waals surface area contributed by atoms with Gasteiger partial charge >= 0.3 is 0 Å². The minimum absolute atomic E-state index is 0.239. The molecule has 0 unspecified atom stereocenters. The summed E-state index contributed by atoms with van der Waals surface area (Å²) in [6, 6.07) is 5.47. The Kier molecular flexibility index (Phi) is 6.55. The lowest BCUT2D eigenvalue weighted by molar-refractivity contribution is 0.582. The van der Waals surface area contributed by atoms with Gasteiger partial charge in [0.1, 0.15) is 5.82 Å². The summed E-state index contributed by atoms with van der Waals surface area (Å²) in [7, 11) is -3.55. The van der Waals surface area contributed by atoms with Gasteiger partial charge in [-0.25, -0.2) is 18.1 Å². The summed E-state index contributed by atoms with van der Waals surface area (Å²) in [6.45, 7) is 11.0. The Labute approximate surface area is 155 Å². The number of benzene rings is 1. The molecular formula is C18H27N5O2S. The van der Waals surface area contributed by atoms with Crippen LogP contribution >= 0.6 is 0 Å². The summed E-state index contributed by atoms with van der Waals surface area (Å²) in [4.78, 5) is 8.97. The van der Waals surface area contributed by atoms with Crippen molar-refractivity contribution < 1.29 is 8.42 Å². The van der Waals surface area contributed by atoms with Crippen LogP contribution in [0.3, 0.4) is 0 Å². The molecule has 0 amide bonds. The standard InChI is InChI=1S/C18H27N5O2S/c1-6-19-17-11-15(5)22-18(23-17)20-7-8-21-26(24,25)16-10-13(3)12(2)9-14(16)4/h9-11,21H,6-8H2,1-5H3,(H2,19,20,22,23). The first-order valence-electron chi connectivity index (χ1n) is 8.64. The zero-order valence-electron chi connectivity index (χ0n) is 16.0. The quantitative estimate of drug-likeness (QED) is 0.612. The lowest BCUT2D eigenvalue weighted by Gasteiger charge is -2.12. The lowest BCUT2D eigenvalue weighted by Crippen LogP contribution is -2.30. The second-order valence-electron chi connectivity index (χ2n) is 6.28. The van der Waals surface area contributed by atoms with Crippen LogP contribution in [-0.2, 0) is 10.0 Å². The minimum Gasteiger partial charge on any atom is -0.370 e. The van der Waals surface area contributed by atoms with Crippen LogP contribution in [0.15, 0.2) is 23.1 Å². The van der Waals surface area contributed by atoms with Gasteiger partial charge in [0.2, 0.25) is 16.0 Å². The van der Waals surface area contributed by atoms with Gasteiger partial charge in [0.15, 0.2) is 0 Å². The van der Waals surface area contributed by atoms with E-state index in [2.05, 4.69) is 25.3 Å². The molecule has 0 spiro atoms. The molecular weight excluding hydrogens is 350 g/mol. The first kappa shape index (κ1) is 20.1. The van der Waals surface area contributed by atoms with Gasteiger partial charge in [0.25, 0.3) is 0 Å². The van der Waals surface area contributed by atoms with Gasteiger partial charge in [-0.05, 0) is 57.4 Å². The summed E-state index contributed by atoms with van der Waals surface area (Å²) < 4.78 is 27.7. The van der Waals surface area contributed by atoms with E-state index >= 15 is 0 Å². The normalized spacial score (nSPS) is 11.4. The molecule has 142 valence electrons. The first-order valence-corrected chi connectivity index (χ1v) is 10.1. The number of nitrogens with zero attached hydrogens (tertiary/aromatic N) is 2. The second kappa shape index (κ2) is 8.46. The van der Waals surface area contributed by atoms with E-state index in [1.807, 2.05) is 46.8 Å². The maximum atomic E-state index is 12.5. The summed E-state index contributed by atoms with van der Waals surface area (Å²) in [5.74, 6) is 1.22. The molecule has 7 nitrogen and oxygen atoms in total. The summed E-state index contributed by atoms with van der Waals surface area (Å²) in [5, 5.41) is 6.19. The third-order valence-electron chi connectivity index (χ3n) is 3.99. The van der Waals surface area contributed by atoms with E-state index in [0.29, 0.717) is 17.4 Å². The number of aromatic nitrogens is 2. The van der Waals surface area contributed by atoms with Crippen LogP contribution in [0.5, 0.6) is 0 Å². The highest BCUT2D eigenvalue weighted by molar-refractivity contribution is 7.89. The maximum absolute atomic E-state index is 12.5. The zero-order chi connectivity index (χ0) is 19.3. The number of anilines is 2. The Hall–Kier alpha value is -2.19. The van der Waals surface area contributed by atoms with E-state index in [4.69, 9.17) is 0 Å². The average Bonchev–Trinajstić information content (AvgIpc) is 2.55.